The van der Waals surface area contributed by atoms with Gasteiger partial charge in [0.05, 0.1) is 11.6 Å². The molecule has 0 aliphatic rings. The standard InChI is InChI=1S/C19H17FN6/c20-15-6-4-14(5-7-15)12-26(10-8-16-3-1-2-9-21-16)19-17-11-24-25-18(17)22-13-23-19/h1-7,9,11,13H,8,10,12H2,(H,22,23,24,25). The van der Waals surface area contributed by atoms with Crippen molar-refractivity contribution in [3.63, 3.8) is 0 Å². The van der Waals surface area contributed by atoms with E-state index < -0.39 is 0 Å². The number of H-pyrrole nitrogens is 1. The minimum Gasteiger partial charge on any atom is -0.351 e. The summed E-state index contributed by atoms with van der Waals surface area (Å²) in [6, 6.07) is 12.4. The molecule has 0 radical (unpaired) electrons. The first-order valence-corrected chi connectivity index (χ1v) is 8.33. The molecule has 4 aromatic rings. The Hall–Kier alpha value is -3.35. The Morgan fingerprint density at radius 3 is 2.69 bits per heavy atom. The van der Waals surface area contributed by atoms with Gasteiger partial charge in [-0.2, -0.15) is 5.10 Å². The van der Waals surface area contributed by atoms with E-state index in [-0.39, 0.29) is 5.82 Å². The second kappa shape index (κ2) is 7.26. The molecule has 1 aromatic carbocycles. The lowest BCUT2D eigenvalue weighted by Gasteiger charge is -2.24. The maximum atomic E-state index is 13.2. The van der Waals surface area contributed by atoms with Crippen molar-refractivity contribution in [3.8, 4) is 0 Å². The predicted molar refractivity (Wildman–Crippen MR) is 97.1 cm³/mol. The van der Waals surface area contributed by atoms with Gasteiger partial charge in [0.1, 0.15) is 18.0 Å². The molecule has 4 rings (SSSR count). The van der Waals surface area contributed by atoms with Crippen LogP contribution in [0.15, 0.2) is 61.2 Å². The topological polar surface area (TPSA) is 70.6 Å². The minimum atomic E-state index is -0.243. The Bertz CT molecular complexity index is 984. The molecule has 0 saturated heterocycles. The number of nitrogens with one attached hydrogen (secondary N) is 1. The predicted octanol–water partition coefficient (Wildman–Crippen LogP) is 3.14. The van der Waals surface area contributed by atoms with Crippen molar-refractivity contribution in [2.45, 2.75) is 13.0 Å². The number of pyridine rings is 1. The highest BCUT2D eigenvalue weighted by Gasteiger charge is 2.15. The fourth-order valence-corrected chi connectivity index (χ4v) is 2.87. The zero-order chi connectivity index (χ0) is 17.8. The SMILES string of the molecule is Fc1ccc(CN(CCc2ccccn2)c2ncnc3[nH]ncc23)cc1. The first kappa shape index (κ1) is 16.1. The summed E-state index contributed by atoms with van der Waals surface area (Å²) < 4.78 is 13.2. The summed E-state index contributed by atoms with van der Waals surface area (Å²) in [7, 11) is 0. The number of rotatable bonds is 6. The van der Waals surface area contributed by atoms with Crippen molar-refractivity contribution < 1.29 is 4.39 Å². The molecule has 0 bridgehead atoms. The summed E-state index contributed by atoms with van der Waals surface area (Å²) in [6.45, 7) is 1.32. The zero-order valence-corrected chi connectivity index (χ0v) is 14.0. The molecule has 26 heavy (non-hydrogen) atoms. The third-order valence-corrected chi connectivity index (χ3v) is 4.18. The first-order valence-electron chi connectivity index (χ1n) is 8.33. The molecule has 0 atom stereocenters. The van der Waals surface area contributed by atoms with Gasteiger partial charge in [-0.05, 0) is 29.8 Å². The Balaban J connectivity index is 1.64. The molecule has 6 nitrogen and oxygen atoms in total. The van der Waals surface area contributed by atoms with Gasteiger partial charge in [0, 0.05) is 31.4 Å². The quantitative estimate of drug-likeness (QED) is 0.580. The van der Waals surface area contributed by atoms with Gasteiger partial charge in [-0.25, -0.2) is 14.4 Å². The maximum absolute atomic E-state index is 13.2. The fraction of sp³-hybridized carbons (Fsp3) is 0.158. The van der Waals surface area contributed by atoms with Gasteiger partial charge in [0.15, 0.2) is 5.65 Å². The number of benzene rings is 1. The maximum Gasteiger partial charge on any atom is 0.160 e. The number of hydrogen-bond acceptors (Lipinski definition) is 5. The lowest BCUT2D eigenvalue weighted by Crippen LogP contribution is -2.26. The average Bonchev–Trinajstić information content (AvgIpc) is 3.16. The highest BCUT2D eigenvalue weighted by molar-refractivity contribution is 5.86. The van der Waals surface area contributed by atoms with E-state index in [4.69, 9.17) is 0 Å². The zero-order valence-electron chi connectivity index (χ0n) is 14.0. The van der Waals surface area contributed by atoms with Crippen LogP contribution in [0, 0.1) is 5.82 Å². The molecule has 0 aliphatic carbocycles. The fourth-order valence-electron chi connectivity index (χ4n) is 2.87. The summed E-state index contributed by atoms with van der Waals surface area (Å²) in [5, 5.41) is 7.79. The molecule has 0 unspecified atom stereocenters. The van der Waals surface area contributed by atoms with E-state index in [2.05, 4.69) is 30.0 Å². The van der Waals surface area contributed by atoms with E-state index in [9.17, 15) is 4.39 Å². The van der Waals surface area contributed by atoms with Crippen LogP contribution in [0.2, 0.25) is 0 Å². The summed E-state index contributed by atoms with van der Waals surface area (Å²) in [5.74, 6) is 0.553. The van der Waals surface area contributed by atoms with E-state index >= 15 is 0 Å². The van der Waals surface area contributed by atoms with Gasteiger partial charge in [0.25, 0.3) is 0 Å². The van der Waals surface area contributed by atoms with Crippen LogP contribution < -0.4 is 4.90 Å². The summed E-state index contributed by atoms with van der Waals surface area (Å²) >= 11 is 0. The normalized spacial score (nSPS) is 11.0. The molecule has 1 N–H and O–H groups in total. The third-order valence-electron chi connectivity index (χ3n) is 4.18. The Morgan fingerprint density at radius 2 is 1.88 bits per heavy atom. The minimum absolute atomic E-state index is 0.243. The van der Waals surface area contributed by atoms with Crippen molar-refractivity contribution in [2.75, 3.05) is 11.4 Å². The van der Waals surface area contributed by atoms with Crippen LogP contribution in [0.25, 0.3) is 11.0 Å². The van der Waals surface area contributed by atoms with Gasteiger partial charge in [0.2, 0.25) is 0 Å². The number of nitrogens with zero attached hydrogens (tertiary/aromatic N) is 5. The smallest absolute Gasteiger partial charge is 0.160 e. The highest BCUT2D eigenvalue weighted by Crippen LogP contribution is 2.23. The Morgan fingerprint density at radius 1 is 1.00 bits per heavy atom. The van der Waals surface area contributed by atoms with E-state index in [1.54, 1.807) is 24.5 Å². The van der Waals surface area contributed by atoms with E-state index in [1.807, 2.05) is 18.2 Å². The second-order valence-corrected chi connectivity index (χ2v) is 5.95. The van der Waals surface area contributed by atoms with E-state index in [0.717, 1.165) is 28.9 Å². The number of aromatic amines is 1. The van der Waals surface area contributed by atoms with Crippen LogP contribution in [-0.4, -0.2) is 31.7 Å². The van der Waals surface area contributed by atoms with Gasteiger partial charge in [-0.15, -0.1) is 0 Å². The van der Waals surface area contributed by atoms with Gasteiger partial charge < -0.3 is 4.90 Å². The molecule has 130 valence electrons. The third kappa shape index (κ3) is 3.51. The van der Waals surface area contributed by atoms with Crippen LogP contribution in [-0.2, 0) is 13.0 Å². The molecule has 3 aromatic heterocycles. The molecule has 0 saturated carbocycles. The summed E-state index contributed by atoms with van der Waals surface area (Å²) in [5.41, 5.74) is 2.70. The van der Waals surface area contributed by atoms with Gasteiger partial charge in [-0.1, -0.05) is 18.2 Å². The molecular formula is C19H17FN6. The lowest BCUT2D eigenvalue weighted by molar-refractivity contribution is 0.626. The monoisotopic (exact) mass is 348 g/mol. The van der Waals surface area contributed by atoms with E-state index in [1.165, 1.54) is 18.5 Å². The van der Waals surface area contributed by atoms with Crippen LogP contribution in [0.4, 0.5) is 10.2 Å². The molecule has 0 spiro atoms. The van der Waals surface area contributed by atoms with Gasteiger partial charge in [-0.3, -0.25) is 10.1 Å². The molecule has 0 aliphatic heterocycles. The van der Waals surface area contributed by atoms with Crippen molar-refractivity contribution >= 4 is 16.9 Å². The molecule has 3 heterocycles. The summed E-state index contributed by atoms with van der Waals surface area (Å²) in [6.07, 6.45) is 5.81. The number of aromatic nitrogens is 5. The Labute approximate surface area is 149 Å². The van der Waals surface area contributed by atoms with Gasteiger partial charge >= 0.3 is 0 Å². The van der Waals surface area contributed by atoms with Crippen molar-refractivity contribution in [2.24, 2.45) is 0 Å². The Kier molecular flexibility index (Phi) is 4.51. The number of halogens is 1. The largest absolute Gasteiger partial charge is 0.351 e. The summed E-state index contributed by atoms with van der Waals surface area (Å²) in [4.78, 5) is 15.2. The van der Waals surface area contributed by atoms with Crippen LogP contribution in [0.5, 0.6) is 0 Å². The van der Waals surface area contributed by atoms with Crippen LogP contribution >= 0.6 is 0 Å². The second-order valence-electron chi connectivity index (χ2n) is 5.95. The molecule has 7 heteroatoms. The van der Waals surface area contributed by atoms with Crippen LogP contribution in [0.3, 0.4) is 0 Å². The average molecular weight is 348 g/mol. The van der Waals surface area contributed by atoms with Crippen molar-refractivity contribution in [1.29, 1.82) is 0 Å². The van der Waals surface area contributed by atoms with Crippen molar-refractivity contribution in [3.05, 3.63) is 78.3 Å². The molecular weight excluding hydrogens is 331 g/mol. The number of hydrogen-bond donors (Lipinski definition) is 1. The molecule has 0 fully saturated rings. The first-order chi connectivity index (χ1) is 12.8. The lowest BCUT2D eigenvalue weighted by atomic mass is 10.2. The molecule has 0 amide bonds. The van der Waals surface area contributed by atoms with Crippen molar-refractivity contribution in [1.82, 2.24) is 25.1 Å². The highest BCUT2D eigenvalue weighted by atomic mass is 19.1. The van der Waals surface area contributed by atoms with E-state index in [0.29, 0.717) is 18.7 Å². The number of fused-ring (bicyclic) bond motifs is 1. The number of anilines is 1. The van der Waals surface area contributed by atoms with Crippen LogP contribution in [0.1, 0.15) is 11.3 Å².